The number of likely N-dealkylation sites (tertiary alicyclic amines) is 1. The highest BCUT2D eigenvalue weighted by molar-refractivity contribution is 7.86. The molecule has 2 aromatic rings. The molecule has 0 spiro atoms. The third kappa shape index (κ3) is 12.1. The van der Waals surface area contributed by atoms with Gasteiger partial charge in [0.25, 0.3) is 30.4 Å². The number of carbonyl (C=O) groups is 2. The lowest BCUT2D eigenvalue weighted by atomic mass is 9.75. The average molecular weight is 929 g/mol. The van der Waals surface area contributed by atoms with Crippen molar-refractivity contribution in [3.8, 4) is 0 Å². The van der Waals surface area contributed by atoms with Crippen LogP contribution in [0.2, 0.25) is 0 Å². The number of carbonyl (C=O) groups excluding carboxylic acids is 2. The SMILES string of the molecule is CCN1C(=CC=CC=CC=CC2=[N+](CCCS(=O)(=O)O)c3ccc(S(=O)(=O)O)cc3C2(C)CCCC(N)=NCCN2C(=O)CCC2=O)C(C)(CCCS(=O)(=O)O)c2cc(C)ccc21. The Morgan fingerprint density at radius 2 is 1.44 bits per heavy atom. The molecule has 3 heterocycles. The van der Waals surface area contributed by atoms with Gasteiger partial charge in [0.2, 0.25) is 17.5 Å². The van der Waals surface area contributed by atoms with Crippen LogP contribution in [0.1, 0.15) is 88.8 Å². The molecule has 2 aromatic carbocycles. The van der Waals surface area contributed by atoms with Crippen molar-refractivity contribution in [1.29, 1.82) is 0 Å². The standard InChI is InChI=1S/C44H57N5O11S3/c1-5-47-36-19-17-32(2)30-34(36)44(4,24-12-28-61(52,53)54)38(47)14-9-7-6-8-10-15-39-43(3,23-11-16-40(45)46-25-27-49-41(50)21-22-42(49)51)35-31-33(63(58,59)60)18-20-37(35)48(39)26-13-29-62(55,56)57/h6-10,14-15,17-20,30-31H,5,11-13,16,21-29H2,1-4H3,(H4-,45,46,52,53,54,55,56,57,58,59,60)/p+1. The highest BCUT2D eigenvalue weighted by atomic mass is 32.2. The maximum absolute atomic E-state index is 12.3. The summed E-state index contributed by atoms with van der Waals surface area (Å²) in [5.74, 6) is -1.01. The molecule has 342 valence electrons. The van der Waals surface area contributed by atoms with Gasteiger partial charge in [-0.15, -0.1) is 0 Å². The minimum atomic E-state index is -4.59. The zero-order valence-corrected chi connectivity index (χ0v) is 38.6. The highest BCUT2D eigenvalue weighted by Crippen LogP contribution is 2.51. The Bertz CT molecular complexity index is 2620. The number of hydrogen-bond donors (Lipinski definition) is 4. The summed E-state index contributed by atoms with van der Waals surface area (Å²) in [6.07, 6.45) is 15.4. The molecule has 0 aliphatic carbocycles. The van der Waals surface area contributed by atoms with Crippen molar-refractivity contribution in [2.24, 2.45) is 10.7 Å². The van der Waals surface area contributed by atoms with E-state index in [1.807, 2.05) is 67.9 Å². The molecule has 0 saturated carbocycles. The molecular weight excluding hydrogens is 871 g/mol. The molecule has 19 heteroatoms. The van der Waals surface area contributed by atoms with Crippen molar-refractivity contribution in [2.75, 3.05) is 42.6 Å². The number of fused-ring (bicyclic) bond motifs is 2. The fraction of sp³-hybridized carbons (Fsp3) is 0.455. The number of anilines is 1. The molecule has 16 nitrogen and oxygen atoms in total. The van der Waals surface area contributed by atoms with Gasteiger partial charge < -0.3 is 10.6 Å². The van der Waals surface area contributed by atoms with Crippen LogP contribution in [-0.4, -0.2) is 109 Å². The molecule has 0 aromatic heterocycles. The number of amides is 2. The van der Waals surface area contributed by atoms with Gasteiger partial charge in [0.1, 0.15) is 6.54 Å². The number of likely N-dealkylation sites (N-methyl/N-ethyl adjacent to an activating group) is 1. The largest absolute Gasteiger partial charge is 0.387 e. The van der Waals surface area contributed by atoms with Crippen molar-refractivity contribution in [3.63, 3.8) is 0 Å². The molecule has 5 rings (SSSR count). The second-order valence-electron chi connectivity index (χ2n) is 16.5. The smallest absolute Gasteiger partial charge is 0.294 e. The summed E-state index contributed by atoms with van der Waals surface area (Å²) in [5, 5.41) is 0. The van der Waals surface area contributed by atoms with E-state index in [1.165, 1.54) is 17.0 Å². The van der Waals surface area contributed by atoms with Crippen molar-refractivity contribution >= 4 is 65.1 Å². The van der Waals surface area contributed by atoms with Gasteiger partial charge >= 0.3 is 0 Å². The Balaban J connectivity index is 1.43. The fourth-order valence-corrected chi connectivity index (χ4v) is 10.3. The second-order valence-corrected chi connectivity index (χ2v) is 21.1. The van der Waals surface area contributed by atoms with Gasteiger partial charge in [-0.25, -0.2) is 0 Å². The summed E-state index contributed by atoms with van der Waals surface area (Å²) in [4.78, 5) is 31.4. The number of hydrogen-bond acceptors (Lipinski definition) is 10. The molecular formula is C44H58N5O11S3+. The Kier molecular flexibility index (Phi) is 15.6. The zero-order valence-electron chi connectivity index (χ0n) is 36.1. The third-order valence-electron chi connectivity index (χ3n) is 11.9. The number of aliphatic imine (C=N–C) groups is 1. The van der Waals surface area contributed by atoms with Crippen LogP contribution in [0.3, 0.4) is 0 Å². The monoisotopic (exact) mass is 928 g/mol. The molecule has 0 bridgehead atoms. The molecule has 2 amide bonds. The predicted molar refractivity (Wildman–Crippen MR) is 243 cm³/mol. The molecule has 3 aliphatic rings. The lowest BCUT2D eigenvalue weighted by Crippen LogP contribution is -2.32. The van der Waals surface area contributed by atoms with Gasteiger partial charge in [-0.2, -0.15) is 29.8 Å². The number of benzene rings is 2. The van der Waals surface area contributed by atoms with Crippen molar-refractivity contribution < 1.29 is 53.1 Å². The van der Waals surface area contributed by atoms with Gasteiger partial charge in [0.15, 0.2) is 5.71 Å². The Labute approximate surface area is 370 Å². The van der Waals surface area contributed by atoms with E-state index in [0.717, 1.165) is 22.5 Å². The van der Waals surface area contributed by atoms with Crippen LogP contribution in [0.4, 0.5) is 11.4 Å². The number of imide groups is 1. The Morgan fingerprint density at radius 1 is 0.810 bits per heavy atom. The minimum absolute atomic E-state index is 0.0492. The van der Waals surface area contributed by atoms with Gasteiger partial charge in [-0.1, -0.05) is 48.1 Å². The first-order valence-electron chi connectivity index (χ1n) is 20.9. The third-order valence-corrected chi connectivity index (χ3v) is 14.4. The quantitative estimate of drug-likeness (QED) is 0.0299. The topological polar surface area (TPSA) is 245 Å². The lowest BCUT2D eigenvalue weighted by Gasteiger charge is -2.30. The van der Waals surface area contributed by atoms with Crippen molar-refractivity contribution in [2.45, 2.75) is 94.8 Å². The number of allylic oxidation sites excluding steroid dienone is 8. The van der Waals surface area contributed by atoms with E-state index in [4.69, 9.17) is 5.73 Å². The zero-order chi connectivity index (χ0) is 46.4. The number of amidine groups is 1. The Morgan fingerprint density at radius 3 is 2.10 bits per heavy atom. The van der Waals surface area contributed by atoms with E-state index in [0.29, 0.717) is 55.0 Å². The van der Waals surface area contributed by atoms with Crippen molar-refractivity contribution in [3.05, 3.63) is 101 Å². The molecule has 1 fully saturated rings. The van der Waals surface area contributed by atoms with E-state index in [1.54, 1.807) is 12.1 Å². The fourth-order valence-electron chi connectivity index (χ4n) is 8.83. The number of aryl methyl sites for hydroxylation is 1. The molecule has 3 aliphatic heterocycles. The van der Waals surface area contributed by atoms with E-state index < -0.39 is 46.9 Å². The summed E-state index contributed by atoms with van der Waals surface area (Å²) >= 11 is 0. The molecule has 2 unspecified atom stereocenters. The second kappa shape index (κ2) is 19.9. The molecule has 0 radical (unpaired) electrons. The first-order chi connectivity index (χ1) is 29.5. The number of rotatable bonds is 21. The summed E-state index contributed by atoms with van der Waals surface area (Å²) in [5.41, 5.74) is 10.9. The van der Waals surface area contributed by atoms with E-state index >= 15 is 0 Å². The maximum atomic E-state index is 12.3. The average Bonchev–Trinajstić information content (AvgIpc) is 3.72. The summed E-state index contributed by atoms with van der Waals surface area (Å²) < 4.78 is 102. The van der Waals surface area contributed by atoms with Crippen LogP contribution >= 0.6 is 0 Å². The lowest BCUT2D eigenvalue weighted by molar-refractivity contribution is -0.437. The van der Waals surface area contributed by atoms with Gasteiger partial charge in [0.05, 0.1) is 34.2 Å². The van der Waals surface area contributed by atoms with Gasteiger partial charge in [-0.3, -0.25) is 33.1 Å². The highest BCUT2D eigenvalue weighted by Gasteiger charge is 2.48. The van der Waals surface area contributed by atoms with Crippen LogP contribution in [0, 0.1) is 6.92 Å². The van der Waals surface area contributed by atoms with Gasteiger partial charge in [-0.05, 0) is 83.2 Å². The minimum Gasteiger partial charge on any atom is -0.387 e. The molecule has 5 N–H and O–H groups in total. The Hall–Kier alpha value is -4.79. The summed E-state index contributed by atoms with van der Waals surface area (Å²) in [7, 11) is -13.0. The number of nitrogens with zero attached hydrogens (tertiary/aromatic N) is 4. The summed E-state index contributed by atoms with van der Waals surface area (Å²) in [6.45, 7) is 9.18. The molecule has 1 saturated heterocycles. The summed E-state index contributed by atoms with van der Waals surface area (Å²) in [6, 6.07) is 10.5. The maximum Gasteiger partial charge on any atom is 0.294 e. The van der Waals surface area contributed by atoms with E-state index in [2.05, 4.69) is 28.9 Å². The van der Waals surface area contributed by atoms with Gasteiger partial charge in [0, 0.05) is 73.3 Å². The van der Waals surface area contributed by atoms with Crippen LogP contribution in [-0.2, 0) is 50.8 Å². The normalized spacial score (nSPS) is 21.7. The number of nitrogens with two attached hydrogens (primary N) is 1. The first-order valence-corrected chi connectivity index (χ1v) is 25.5. The van der Waals surface area contributed by atoms with Crippen LogP contribution in [0.5, 0.6) is 0 Å². The first kappa shape index (κ1) is 49.2. The van der Waals surface area contributed by atoms with E-state index in [-0.39, 0.29) is 67.8 Å². The van der Waals surface area contributed by atoms with E-state index in [9.17, 15) is 48.5 Å². The van der Waals surface area contributed by atoms with Crippen LogP contribution in [0.25, 0.3) is 0 Å². The molecule has 63 heavy (non-hydrogen) atoms. The predicted octanol–water partition coefficient (Wildman–Crippen LogP) is 5.57. The van der Waals surface area contributed by atoms with Crippen molar-refractivity contribution in [1.82, 2.24) is 4.90 Å². The van der Waals surface area contributed by atoms with Crippen LogP contribution in [0.15, 0.2) is 94.5 Å². The molecule has 2 atom stereocenters. The van der Waals surface area contributed by atoms with Crippen LogP contribution < -0.4 is 10.6 Å².